The van der Waals surface area contributed by atoms with E-state index in [4.69, 9.17) is 13.1 Å². The Hall–Kier alpha value is -4.61. The minimum Gasteiger partial charge on any atom is -0.457 e. The third-order valence-corrected chi connectivity index (χ3v) is 10.9. The molecule has 8 nitrogen and oxygen atoms in total. The van der Waals surface area contributed by atoms with Crippen LogP contribution in [0.5, 0.6) is 11.5 Å². The number of ether oxygens (including phenoxy) is 1. The van der Waals surface area contributed by atoms with Gasteiger partial charge in [-0.1, -0.05) is 102 Å². The van der Waals surface area contributed by atoms with Crippen molar-refractivity contribution >= 4 is 26.0 Å². The first-order valence-electron chi connectivity index (χ1n) is 17.7. The van der Waals surface area contributed by atoms with Gasteiger partial charge in [0.1, 0.15) is 21.3 Å². The van der Waals surface area contributed by atoms with Gasteiger partial charge in [-0.05, 0) is 102 Å². The summed E-state index contributed by atoms with van der Waals surface area (Å²) in [7, 11) is -8.71. The Bertz CT molecular complexity index is 2350. The van der Waals surface area contributed by atoms with E-state index in [-0.39, 0.29) is 46.3 Å². The van der Waals surface area contributed by atoms with Crippen molar-refractivity contribution in [2.45, 2.75) is 71.6 Å². The van der Waals surface area contributed by atoms with E-state index in [0.29, 0.717) is 39.3 Å². The summed E-state index contributed by atoms with van der Waals surface area (Å²) in [4.78, 5) is 13.6. The zero-order valence-electron chi connectivity index (χ0n) is 32.1. The fraction of sp³-hybridized carbons (Fsp3) is 0.295. The van der Waals surface area contributed by atoms with Gasteiger partial charge in [-0.15, -0.1) is 0 Å². The monoisotopic (exact) mass is 768 g/mol. The fourth-order valence-corrected chi connectivity index (χ4v) is 8.32. The van der Waals surface area contributed by atoms with Gasteiger partial charge in [0.05, 0.1) is 13.2 Å². The molecule has 10 heteroatoms. The molecule has 5 aromatic rings. The number of benzene rings is 5. The Morgan fingerprint density at radius 1 is 0.574 bits per heavy atom. The highest BCUT2D eigenvalue weighted by Crippen LogP contribution is 2.37. The molecule has 0 heterocycles. The molecule has 284 valence electrons. The molecule has 0 aliphatic heterocycles. The number of hydrogen-bond acceptors (Lipinski definition) is 8. The van der Waals surface area contributed by atoms with E-state index in [2.05, 4.69) is 0 Å². The minimum absolute atomic E-state index is 0.0648. The topological polar surface area (TPSA) is 113 Å². The molecule has 0 N–H and O–H groups in total. The van der Waals surface area contributed by atoms with Crippen LogP contribution in [0.2, 0.25) is 0 Å². The quantitative estimate of drug-likeness (QED) is 0.0860. The van der Waals surface area contributed by atoms with Crippen molar-refractivity contribution in [2.75, 3.05) is 13.2 Å². The van der Waals surface area contributed by atoms with Crippen molar-refractivity contribution in [2.24, 2.45) is 10.8 Å². The first kappa shape index (κ1) is 40.6. The lowest BCUT2D eigenvalue weighted by atomic mass is 9.92. The first-order valence-corrected chi connectivity index (χ1v) is 20.5. The molecular weight excluding hydrogens is 721 g/mol. The number of carbonyl (C=O) groups is 1. The lowest BCUT2D eigenvalue weighted by Gasteiger charge is -2.21. The van der Waals surface area contributed by atoms with Crippen LogP contribution in [0.1, 0.15) is 79.7 Å². The van der Waals surface area contributed by atoms with Crippen molar-refractivity contribution in [3.05, 3.63) is 143 Å². The standard InChI is InChI=1S/C44H48O8S2/c1-30-14-17-34(39(24-30)42(45)33-18-20-36(21-19-33)52-35-12-10-9-11-13-35)26-32-16-23-38(41(27-32)54(48,49)51-29-44(6,7)8)37-22-15-31(2)25-40(37)53(46,47)50-28-43(3,4)5/h9-25,27H,26,28-29H2,1-8H3. The number of aryl methyl sites for hydroxylation is 2. The van der Waals surface area contributed by atoms with E-state index < -0.39 is 31.1 Å². The second-order valence-corrected chi connectivity index (χ2v) is 19.2. The Morgan fingerprint density at radius 3 is 1.65 bits per heavy atom. The second kappa shape index (κ2) is 16.0. The predicted octanol–water partition coefficient (Wildman–Crippen LogP) is 10.1. The number of carbonyl (C=O) groups excluding carboxylic acids is 1. The van der Waals surface area contributed by atoms with Crippen LogP contribution in [0, 0.1) is 24.7 Å². The number of ketones is 1. The first-order chi connectivity index (χ1) is 25.2. The summed E-state index contributed by atoms with van der Waals surface area (Å²) >= 11 is 0. The SMILES string of the molecule is Cc1ccc(Cc2ccc(-c3ccc(C)cc3S(=O)(=O)OCC(C)(C)C)c(S(=O)(=O)OCC(C)(C)C)c2)c(C(=O)c2ccc(Oc3ccccc3)cc2)c1. The molecule has 54 heavy (non-hydrogen) atoms. The highest BCUT2D eigenvalue weighted by atomic mass is 32.2. The van der Waals surface area contributed by atoms with Crippen molar-refractivity contribution in [3.63, 3.8) is 0 Å². The van der Waals surface area contributed by atoms with Gasteiger partial charge in [0.2, 0.25) is 0 Å². The van der Waals surface area contributed by atoms with E-state index in [9.17, 15) is 21.6 Å². The highest BCUT2D eigenvalue weighted by molar-refractivity contribution is 7.87. The van der Waals surface area contributed by atoms with Gasteiger partial charge in [0, 0.05) is 22.3 Å². The molecule has 0 saturated carbocycles. The summed E-state index contributed by atoms with van der Waals surface area (Å²) in [5.41, 5.74) is 3.19. The summed E-state index contributed by atoms with van der Waals surface area (Å²) in [6.07, 6.45) is 0.215. The molecule has 0 aromatic heterocycles. The molecular formula is C44H48O8S2. The van der Waals surface area contributed by atoms with Crippen LogP contribution in [0.3, 0.4) is 0 Å². The van der Waals surface area contributed by atoms with Crippen LogP contribution in [0.25, 0.3) is 11.1 Å². The Kier molecular flexibility index (Phi) is 12.0. The Labute approximate surface area is 320 Å². The van der Waals surface area contributed by atoms with Crippen molar-refractivity contribution in [1.29, 1.82) is 0 Å². The second-order valence-electron chi connectivity index (χ2n) is 16.0. The number of rotatable bonds is 13. The molecule has 5 rings (SSSR count). The third kappa shape index (κ3) is 10.5. The molecule has 5 aromatic carbocycles. The van der Waals surface area contributed by atoms with E-state index >= 15 is 0 Å². The molecule has 0 amide bonds. The molecule has 0 unspecified atom stereocenters. The highest BCUT2D eigenvalue weighted by Gasteiger charge is 2.29. The zero-order chi connectivity index (χ0) is 39.5. The summed E-state index contributed by atoms with van der Waals surface area (Å²) in [5, 5.41) is 0. The maximum atomic E-state index is 14.0. The average Bonchev–Trinajstić information content (AvgIpc) is 3.11. The zero-order valence-corrected chi connectivity index (χ0v) is 33.7. The normalized spacial score (nSPS) is 12.4. The summed E-state index contributed by atoms with van der Waals surface area (Å²) < 4.78 is 72.4. The molecule has 0 fully saturated rings. The van der Waals surface area contributed by atoms with E-state index in [0.717, 1.165) is 5.56 Å². The van der Waals surface area contributed by atoms with Gasteiger partial charge in [-0.3, -0.25) is 13.2 Å². The fourth-order valence-electron chi connectivity index (χ4n) is 5.53. The Balaban J connectivity index is 1.56. The predicted molar refractivity (Wildman–Crippen MR) is 212 cm³/mol. The van der Waals surface area contributed by atoms with Crippen LogP contribution in [0.4, 0.5) is 0 Å². The maximum Gasteiger partial charge on any atom is 0.297 e. The van der Waals surface area contributed by atoms with Crippen LogP contribution in [-0.2, 0) is 35.0 Å². The summed E-state index contributed by atoms with van der Waals surface area (Å²) in [5.74, 6) is 1.08. The van der Waals surface area contributed by atoms with Gasteiger partial charge >= 0.3 is 0 Å². The van der Waals surface area contributed by atoms with Gasteiger partial charge in [-0.25, -0.2) is 0 Å². The van der Waals surface area contributed by atoms with Crippen molar-refractivity contribution in [3.8, 4) is 22.6 Å². The minimum atomic E-state index is -4.41. The third-order valence-electron chi connectivity index (χ3n) is 8.31. The van der Waals surface area contributed by atoms with Gasteiger partial charge in [0.15, 0.2) is 5.78 Å². The lowest BCUT2D eigenvalue weighted by molar-refractivity contribution is 0.103. The average molecular weight is 769 g/mol. The smallest absolute Gasteiger partial charge is 0.297 e. The molecule has 0 bridgehead atoms. The molecule has 0 atom stereocenters. The molecule has 0 aliphatic carbocycles. The van der Waals surface area contributed by atoms with Crippen molar-refractivity contribution < 1.29 is 34.7 Å². The summed E-state index contributed by atoms with van der Waals surface area (Å²) in [6.45, 7) is 14.7. The summed E-state index contributed by atoms with van der Waals surface area (Å²) in [6, 6.07) is 31.5. The van der Waals surface area contributed by atoms with Gasteiger partial charge < -0.3 is 4.74 Å². The van der Waals surface area contributed by atoms with Crippen LogP contribution >= 0.6 is 0 Å². The number of para-hydroxylation sites is 1. The van der Waals surface area contributed by atoms with Gasteiger partial charge in [-0.2, -0.15) is 16.8 Å². The van der Waals surface area contributed by atoms with Crippen LogP contribution in [0.15, 0.2) is 119 Å². The van der Waals surface area contributed by atoms with Crippen LogP contribution < -0.4 is 4.74 Å². The molecule has 0 radical (unpaired) electrons. The molecule has 0 spiro atoms. The largest absolute Gasteiger partial charge is 0.457 e. The lowest BCUT2D eigenvalue weighted by Crippen LogP contribution is -2.20. The molecule has 0 aliphatic rings. The Morgan fingerprint density at radius 2 is 1.07 bits per heavy atom. The van der Waals surface area contributed by atoms with E-state index in [1.54, 1.807) is 55.5 Å². The van der Waals surface area contributed by atoms with Crippen molar-refractivity contribution in [1.82, 2.24) is 0 Å². The molecule has 0 saturated heterocycles. The van der Waals surface area contributed by atoms with Gasteiger partial charge in [0.25, 0.3) is 20.2 Å². The van der Waals surface area contributed by atoms with Crippen LogP contribution in [-0.4, -0.2) is 35.8 Å². The van der Waals surface area contributed by atoms with E-state index in [1.807, 2.05) is 97.0 Å². The van der Waals surface area contributed by atoms with E-state index in [1.165, 1.54) is 12.1 Å². The number of hydrogen-bond donors (Lipinski definition) is 0. The maximum absolute atomic E-state index is 14.0.